The Balaban J connectivity index is 1.88. The predicted octanol–water partition coefficient (Wildman–Crippen LogP) is 7.46. The molecule has 0 aliphatic rings. The van der Waals surface area contributed by atoms with Gasteiger partial charge in [-0.2, -0.15) is 0 Å². The van der Waals surface area contributed by atoms with Crippen LogP contribution in [0.25, 0.3) is 0 Å². The van der Waals surface area contributed by atoms with Gasteiger partial charge in [-0.05, 0) is 38.0 Å². The fraction of sp³-hybridized carbons (Fsp3) is 0.318. The van der Waals surface area contributed by atoms with E-state index in [2.05, 4.69) is 5.16 Å². The molecule has 162 valence electrons. The molecular weight excluding hydrogens is 468 g/mol. The van der Waals surface area contributed by atoms with E-state index in [9.17, 15) is 0 Å². The summed E-state index contributed by atoms with van der Waals surface area (Å²) in [6.45, 7) is 6.47. The number of hydrogen-bond acceptors (Lipinski definition) is 4. The highest BCUT2D eigenvalue weighted by molar-refractivity contribution is 6.55. The van der Waals surface area contributed by atoms with E-state index >= 15 is 0 Å². The van der Waals surface area contributed by atoms with Crippen molar-refractivity contribution in [2.75, 3.05) is 13.2 Å². The minimum atomic E-state index is -0.310. The summed E-state index contributed by atoms with van der Waals surface area (Å²) in [5.41, 5.74) is 1.76. The molecule has 2 aromatic rings. The van der Waals surface area contributed by atoms with Crippen LogP contribution in [0.2, 0.25) is 10.0 Å². The summed E-state index contributed by atoms with van der Waals surface area (Å²) < 4.78 is 11.4. The zero-order chi connectivity index (χ0) is 22.1. The van der Waals surface area contributed by atoms with E-state index in [1.54, 1.807) is 18.3 Å². The molecule has 0 bridgehead atoms. The monoisotopic (exact) mass is 489 g/mol. The molecule has 0 radical (unpaired) electrons. The lowest BCUT2D eigenvalue weighted by molar-refractivity contribution is 0.00199. The molecule has 0 saturated carbocycles. The van der Waals surface area contributed by atoms with Crippen LogP contribution in [0.1, 0.15) is 31.9 Å². The van der Waals surface area contributed by atoms with Crippen LogP contribution in [0, 0.1) is 0 Å². The van der Waals surface area contributed by atoms with E-state index in [1.165, 1.54) is 6.08 Å². The highest BCUT2D eigenvalue weighted by atomic mass is 35.5. The molecule has 0 heterocycles. The zero-order valence-electron chi connectivity index (χ0n) is 16.9. The second kappa shape index (κ2) is 11.7. The van der Waals surface area contributed by atoms with Gasteiger partial charge in [-0.3, -0.25) is 0 Å². The zero-order valence-corrected chi connectivity index (χ0v) is 19.9. The second-order valence-electron chi connectivity index (χ2n) is 7.30. The van der Waals surface area contributed by atoms with Crippen LogP contribution in [0.15, 0.2) is 52.1 Å². The van der Waals surface area contributed by atoms with Crippen molar-refractivity contribution in [2.45, 2.75) is 32.8 Å². The molecule has 2 rings (SSSR count). The molecule has 0 saturated heterocycles. The lowest BCUT2D eigenvalue weighted by atomic mass is 10.1. The quantitative estimate of drug-likeness (QED) is 0.270. The minimum Gasteiger partial charge on any atom is -0.490 e. The van der Waals surface area contributed by atoms with Gasteiger partial charge in [0.15, 0.2) is 5.75 Å². The predicted molar refractivity (Wildman–Crippen MR) is 126 cm³/mol. The standard InChI is InChI=1S/C22H23Cl4NO3/c1-22(2,3)30-27-14-16-6-4-15(5-7-16)8-10-29-21-18(23)12-17(13-19(21)24)28-11-9-20(25)26/h4-7,9,12-14H,8,10-11H2,1-3H3. The molecular formula is C22H23Cl4NO3. The molecule has 0 amide bonds. The molecule has 0 N–H and O–H groups in total. The van der Waals surface area contributed by atoms with Crippen LogP contribution >= 0.6 is 46.4 Å². The van der Waals surface area contributed by atoms with Gasteiger partial charge in [-0.1, -0.05) is 75.8 Å². The van der Waals surface area contributed by atoms with E-state index in [1.807, 2.05) is 45.0 Å². The van der Waals surface area contributed by atoms with Crippen molar-refractivity contribution in [1.29, 1.82) is 0 Å². The Kier molecular flexibility index (Phi) is 9.63. The molecule has 0 aromatic heterocycles. The van der Waals surface area contributed by atoms with Crippen LogP contribution in [-0.2, 0) is 11.3 Å². The Morgan fingerprint density at radius 1 is 1.00 bits per heavy atom. The first kappa shape index (κ1) is 24.7. The summed E-state index contributed by atoms with van der Waals surface area (Å²) >= 11 is 23.6. The molecule has 0 atom stereocenters. The van der Waals surface area contributed by atoms with Gasteiger partial charge in [0, 0.05) is 18.6 Å². The van der Waals surface area contributed by atoms with Crippen LogP contribution in [-0.4, -0.2) is 25.0 Å². The first-order valence-electron chi connectivity index (χ1n) is 9.20. The third-order valence-corrected chi connectivity index (χ3v) is 4.47. The summed E-state index contributed by atoms with van der Waals surface area (Å²) in [7, 11) is 0. The summed E-state index contributed by atoms with van der Waals surface area (Å²) in [6.07, 6.45) is 3.90. The average Bonchev–Trinajstić information content (AvgIpc) is 2.64. The Labute approximate surface area is 197 Å². The number of rotatable bonds is 9. The molecule has 2 aromatic carbocycles. The smallest absolute Gasteiger partial charge is 0.156 e. The molecule has 4 nitrogen and oxygen atoms in total. The molecule has 0 fully saturated rings. The maximum atomic E-state index is 6.28. The van der Waals surface area contributed by atoms with Crippen molar-refractivity contribution in [3.63, 3.8) is 0 Å². The Hall–Kier alpha value is -1.59. The van der Waals surface area contributed by atoms with E-state index in [0.717, 1.165) is 11.1 Å². The fourth-order valence-corrected chi connectivity index (χ4v) is 2.95. The first-order valence-corrected chi connectivity index (χ1v) is 10.7. The number of benzene rings is 2. The molecule has 8 heteroatoms. The summed E-state index contributed by atoms with van der Waals surface area (Å²) in [5, 5.41) is 4.72. The Bertz CT molecular complexity index is 863. The van der Waals surface area contributed by atoms with Crippen molar-refractivity contribution in [3.05, 3.63) is 68.1 Å². The molecule has 0 unspecified atom stereocenters. The van der Waals surface area contributed by atoms with Gasteiger partial charge in [-0.15, -0.1) is 0 Å². The Morgan fingerprint density at radius 3 is 2.20 bits per heavy atom. The van der Waals surface area contributed by atoms with E-state index in [4.69, 9.17) is 60.7 Å². The topological polar surface area (TPSA) is 40.0 Å². The first-order chi connectivity index (χ1) is 14.1. The van der Waals surface area contributed by atoms with Crippen molar-refractivity contribution >= 4 is 52.6 Å². The van der Waals surface area contributed by atoms with Gasteiger partial charge in [0.05, 0.1) is 22.9 Å². The number of ether oxygens (including phenoxy) is 2. The van der Waals surface area contributed by atoms with Gasteiger partial charge in [0.25, 0.3) is 0 Å². The summed E-state index contributed by atoms with van der Waals surface area (Å²) in [4.78, 5) is 5.34. The number of nitrogens with zero attached hydrogens (tertiary/aromatic N) is 1. The number of oxime groups is 1. The van der Waals surface area contributed by atoms with Gasteiger partial charge in [0.1, 0.15) is 22.4 Å². The lowest BCUT2D eigenvalue weighted by Gasteiger charge is -2.14. The largest absolute Gasteiger partial charge is 0.490 e. The molecule has 0 aliphatic carbocycles. The third kappa shape index (κ3) is 9.05. The van der Waals surface area contributed by atoms with Crippen LogP contribution < -0.4 is 9.47 Å². The minimum absolute atomic E-state index is 0.130. The van der Waals surface area contributed by atoms with Crippen molar-refractivity contribution < 1.29 is 14.3 Å². The van der Waals surface area contributed by atoms with E-state index in [-0.39, 0.29) is 16.7 Å². The highest BCUT2D eigenvalue weighted by Gasteiger charge is 2.11. The fourth-order valence-electron chi connectivity index (χ4n) is 2.25. The van der Waals surface area contributed by atoms with Gasteiger partial charge >= 0.3 is 0 Å². The lowest BCUT2D eigenvalue weighted by Crippen LogP contribution is -2.15. The second-order valence-corrected chi connectivity index (χ2v) is 9.12. The maximum Gasteiger partial charge on any atom is 0.156 e. The van der Waals surface area contributed by atoms with Crippen molar-refractivity contribution in [2.24, 2.45) is 5.16 Å². The van der Waals surface area contributed by atoms with E-state index < -0.39 is 0 Å². The van der Waals surface area contributed by atoms with Crippen molar-refractivity contribution in [1.82, 2.24) is 0 Å². The van der Waals surface area contributed by atoms with Gasteiger partial charge in [-0.25, -0.2) is 0 Å². The highest BCUT2D eigenvalue weighted by Crippen LogP contribution is 2.37. The van der Waals surface area contributed by atoms with E-state index in [0.29, 0.717) is 34.6 Å². The normalized spacial score (nSPS) is 11.4. The molecule has 0 spiro atoms. The SMILES string of the molecule is CC(C)(C)ON=Cc1ccc(CCOc2c(Cl)cc(OCC=C(Cl)Cl)cc2Cl)cc1. The maximum absolute atomic E-state index is 6.28. The van der Waals surface area contributed by atoms with Crippen LogP contribution in [0.4, 0.5) is 0 Å². The van der Waals surface area contributed by atoms with Crippen LogP contribution in [0.3, 0.4) is 0 Å². The summed E-state index contributed by atoms with van der Waals surface area (Å²) in [6, 6.07) is 11.2. The number of hydrogen-bond donors (Lipinski definition) is 0. The third-order valence-electron chi connectivity index (χ3n) is 3.60. The van der Waals surface area contributed by atoms with Gasteiger partial charge < -0.3 is 14.3 Å². The van der Waals surface area contributed by atoms with Crippen LogP contribution in [0.5, 0.6) is 11.5 Å². The summed E-state index contributed by atoms with van der Waals surface area (Å²) in [5.74, 6) is 0.913. The average molecular weight is 491 g/mol. The molecule has 30 heavy (non-hydrogen) atoms. The number of halogens is 4. The molecule has 0 aliphatic heterocycles. The van der Waals surface area contributed by atoms with Crippen molar-refractivity contribution in [3.8, 4) is 11.5 Å². The van der Waals surface area contributed by atoms with Gasteiger partial charge in [0.2, 0.25) is 0 Å². The Morgan fingerprint density at radius 2 is 1.63 bits per heavy atom.